The number of hydrogen-bond acceptors (Lipinski definition) is 8. The smallest absolute Gasteiger partial charge is 0.229 e. The van der Waals surface area contributed by atoms with Crippen LogP contribution in [0.5, 0.6) is 11.5 Å². The van der Waals surface area contributed by atoms with Crippen LogP contribution in [-0.2, 0) is 9.47 Å². The Balaban J connectivity index is 2.21. The van der Waals surface area contributed by atoms with E-state index in [1.807, 2.05) is 19.9 Å². The van der Waals surface area contributed by atoms with Gasteiger partial charge in [-0.3, -0.25) is 5.32 Å². The lowest BCUT2D eigenvalue weighted by Crippen LogP contribution is -2.40. The van der Waals surface area contributed by atoms with Crippen molar-refractivity contribution >= 4 is 34.9 Å². The van der Waals surface area contributed by atoms with Crippen molar-refractivity contribution in [2.75, 3.05) is 45.6 Å². The minimum absolute atomic E-state index is 0.220. The van der Waals surface area contributed by atoms with Crippen molar-refractivity contribution < 1.29 is 18.9 Å². The molecule has 0 fully saturated rings. The maximum atomic E-state index is 5.46. The molecular formula is C20H28N6O4S. The van der Waals surface area contributed by atoms with Crippen LogP contribution in [-0.4, -0.2) is 62.3 Å². The number of aryl methyl sites for hydroxylation is 2. The molecule has 1 aromatic carbocycles. The van der Waals surface area contributed by atoms with Gasteiger partial charge >= 0.3 is 0 Å². The van der Waals surface area contributed by atoms with Crippen LogP contribution in [0.1, 0.15) is 11.4 Å². The fourth-order valence-electron chi connectivity index (χ4n) is 2.58. The number of rotatable bonds is 8. The third-order valence-electron chi connectivity index (χ3n) is 4.02. The summed E-state index contributed by atoms with van der Waals surface area (Å²) in [5.74, 6) is 1.97. The van der Waals surface area contributed by atoms with Crippen LogP contribution in [0.4, 0.5) is 11.6 Å². The average Bonchev–Trinajstić information content (AvgIpc) is 2.73. The van der Waals surface area contributed by atoms with E-state index in [9.17, 15) is 0 Å². The highest BCUT2D eigenvalue weighted by Gasteiger charge is 2.12. The Morgan fingerprint density at radius 3 is 2.26 bits per heavy atom. The fraction of sp³-hybridized carbons (Fsp3) is 0.400. The lowest BCUT2D eigenvalue weighted by molar-refractivity contribution is -0.0937. The number of aliphatic imine (C=N–C) groups is 1. The van der Waals surface area contributed by atoms with E-state index in [4.69, 9.17) is 31.2 Å². The zero-order valence-corrected chi connectivity index (χ0v) is 19.3. The molecule has 10 nitrogen and oxygen atoms in total. The second kappa shape index (κ2) is 12.0. The zero-order valence-electron chi connectivity index (χ0n) is 18.5. The summed E-state index contributed by atoms with van der Waals surface area (Å²) in [6.45, 7) is 3.99. The normalized spacial score (nSPS) is 11.3. The summed E-state index contributed by atoms with van der Waals surface area (Å²) in [6.07, 6.45) is -0.515. The first-order valence-electron chi connectivity index (χ1n) is 9.37. The van der Waals surface area contributed by atoms with Crippen molar-refractivity contribution in [2.45, 2.75) is 20.1 Å². The van der Waals surface area contributed by atoms with Crippen molar-refractivity contribution in [3.05, 3.63) is 35.7 Å². The van der Waals surface area contributed by atoms with Crippen molar-refractivity contribution in [1.82, 2.24) is 15.3 Å². The molecule has 0 saturated carbocycles. The van der Waals surface area contributed by atoms with Gasteiger partial charge in [-0.1, -0.05) is 0 Å². The minimum atomic E-state index is -0.515. The number of guanidine groups is 1. The summed E-state index contributed by atoms with van der Waals surface area (Å²) >= 11 is 5.46. The molecule has 0 radical (unpaired) electrons. The number of aromatic nitrogens is 2. The van der Waals surface area contributed by atoms with Gasteiger partial charge < -0.3 is 29.6 Å². The minimum Gasteiger partial charge on any atom is -0.497 e. The van der Waals surface area contributed by atoms with Crippen molar-refractivity contribution in [3.8, 4) is 11.5 Å². The van der Waals surface area contributed by atoms with E-state index in [1.165, 1.54) is 0 Å². The molecule has 3 N–H and O–H groups in total. The highest BCUT2D eigenvalue weighted by Crippen LogP contribution is 2.28. The van der Waals surface area contributed by atoms with Gasteiger partial charge in [-0.2, -0.15) is 0 Å². The molecule has 0 aliphatic heterocycles. The molecule has 0 amide bonds. The Labute approximate surface area is 187 Å². The standard InChI is InChI=1S/C20H28N6O4S/c1-12-9-13(2)23-19(22-12)25-18(21-11-17(29-5)30-6)26-20(31)24-15-10-14(27-3)7-8-16(15)28-4/h7-10,17H,11H2,1-6H3,(H3,21,22,23,24,25,26,31). The number of hydrogen-bond donors (Lipinski definition) is 3. The van der Waals surface area contributed by atoms with E-state index in [0.717, 1.165) is 11.4 Å². The Hall–Kier alpha value is -3.02. The molecule has 0 spiro atoms. The van der Waals surface area contributed by atoms with Crippen LogP contribution >= 0.6 is 12.2 Å². The number of thiocarbonyl (C=S) groups is 1. The van der Waals surface area contributed by atoms with Gasteiger partial charge in [-0.25, -0.2) is 15.0 Å². The second-order valence-corrected chi connectivity index (χ2v) is 6.74. The van der Waals surface area contributed by atoms with E-state index in [1.54, 1.807) is 46.6 Å². The predicted molar refractivity (Wildman–Crippen MR) is 124 cm³/mol. The zero-order chi connectivity index (χ0) is 22.8. The van der Waals surface area contributed by atoms with Crippen LogP contribution in [0, 0.1) is 13.8 Å². The van der Waals surface area contributed by atoms with Gasteiger partial charge in [0.15, 0.2) is 11.4 Å². The molecule has 0 atom stereocenters. The van der Waals surface area contributed by atoms with E-state index in [0.29, 0.717) is 29.1 Å². The van der Waals surface area contributed by atoms with E-state index < -0.39 is 6.29 Å². The summed E-state index contributed by atoms with van der Waals surface area (Å²) < 4.78 is 21.0. The Bertz CT molecular complexity index is 900. The van der Waals surface area contributed by atoms with Crippen LogP contribution in [0.15, 0.2) is 29.3 Å². The summed E-state index contributed by atoms with van der Waals surface area (Å²) in [7, 11) is 6.24. The molecule has 1 aromatic heterocycles. The van der Waals surface area contributed by atoms with Gasteiger partial charge in [0, 0.05) is 31.7 Å². The Morgan fingerprint density at radius 1 is 1.00 bits per heavy atom. The quantitative estimate of drug-likeness (QED) is 0.241. The monoisotopic (exact) mass is 448 g/mol. The fourth-order valence-corrected chi connectivity index (χ4v) is 2.79. The van der Waals surface area contributed by atoms with E-state index in [-0.39, 0.29) is 11.7 Å². The summed E-state index contributed by atoms with van der Waals surface area (Å²) in [6, 6.07) is 7.22. The van der Waals surface area contributed by atoms with Crippen LogP contribution < -0.4 is 25.4 Å². The Kier molecular flexibility index (Phi) is 9.38. The van der Waals surface area contributed by atoms with Gasteiger partial charge in [0.05, 0.1) is 26.5 Å². The van der Waals surface area contributed by atoms with Gasteiger partial charge in [0.25, 0.3) is 0 Å². The lowest BCUT2D eigenvalue weighted by atomic mass is 10.2. The second-order valence-electron chi connectivity index (χ2n) is 6.33. The molecular weight excluding hydrogens is 420 g/mol. The number of benzene rings is 1. The molecule has 11 heteroatoms. The number of anilines is 2. The van der Waals surface area contributed by atoms with Crippen molar-refractivity contribution in [1.29, 1.82) is 0 Å². The third-order valence-corrected chi connectivity index (χ3v) is 4.23. The molecule has 0 unspecified atom stereocenters. The topological polar surface area (TPSA) is 111 Å². The number of nitrogens with one attached hydrogen (secondary N) is 3. The summed E-state index contributed by atoms with van der Waals surface area (Å²) in [5.41, 5.74) is 2.28. The van der Waals surface area contributed by atoms with E-state index >= 15 is 0 Å². The van der Waals surface area contributed by atoms with Gasteiger partial charge in [-0.15, -0.1) is 0 Å². The summed E-state index contributed by atoms with van der Waals surface area (Å²) in [5, 5.41) is 9.42. The number of methoxy groups -OCH3 is 4. The molecule has 31 heavy (non-hydrogen) atoms. The highest BCUT2D eigenvalue weighted by molar-refractivity contribution is 7.80. The third kappa shape index (κ3) is 7.63. The molecule has 0 bridgehead atoms. The summed E-state index contributed by atoms with van der Waals surface area (Å²) in [4.78, 5) is 13.2. The molecule has 0 aliphatic carbocycles. The van der Waals surface area contributed by atoms with Gasteiger partial charge in [-0.05, 0) is 44.3 Å². The molecule has 0 aliphatic rings. The van der Waals surface area contributed by atoms with Crippen LogP contribution in [0.25, 0.3) is 0 Å². The average molecular weight is 449 g/mol. The first kappa shape index (κ1) is 24.3. The molecule has 168 valence electrons. The molecule has 2 aromatic rings. The molecule has 0 saturated heterocycles. The SMILES string of the molecule is COc1ccc(OC)c(NC(=S)NC(=NCC(OC)OC)Nc2nc(C)cc(C)n2)c1. The van der Waals surface area contributed by atoms with Gasteiger partial charge in [0.1, 0.15) is 11.5 Å². The maximum Gasteiger partial charge on any atom is 0.229 e. The largest absolute Gasteiger partial charge is 0.497 e. The van der Waals surface area contributed by atoms with Gasteiger partial charge in [0.2, 0.25) is 11.9 Å². The first-order valence-corrected chi connectivity index (χ1v) is 9.78. The van der Waals surface area contributed by atoms with E-state index in [2.05, 4.69) is 30.9 Å². The highest BCUT2D eigenvalue weighted by atomic mass is 32.1. The lowest BCUT2D eigenvalue weighted by Gasteiger charge is -2.17. The van der Waals surface area contributed by atoms with Crippen LogP contribution in [0.3, 0.4) is 0 Å². The Morgan fingerprint density at radius 2 is 1.68 bits per heavy atom. The predicted octanol–water partition coefficient (Wildman–Crippen LogP) is 2.48. The number of ether oxygens (including phenoxy) is 4. The van der Waals surface area contributed by atoms with Crippen molar-refractivity contribution in [3.63, 3.8) is 0 Å². The molecule has 2 rings (SSSR count). The van der Waals surface area contributed by atoms with Crippen molar-refractivity contribution in [2.24, 2.45) is 4.99 Å². The van der Waals surface area contributed by atoms with Crippen LogP contribution in [0.2, 0.25) is 0 Å². The maximum absolute atomic E-state index is 5.46. The number of nitrogens with zero attached hydrogens (tertiary/aromatic N) is 3. The first-order chi connectivity index (χ1) is 14.9. The molecule has 1 heterocycles.